The van der Waals surface area contributed by atoms with Crippen molar-refractivity contribution in [2.45, 2.75) is 40.0 Å². The second kappa shape index (κ2) is 8.79. The molecule has 1 saturated heterocycles. The van der Waals surface area contributed by atoms with Crippen LogP contribution in [0.3, 0.4) is 0 Å². The van der Waals surface area contributed by atoms with Crippen LogP contribution in [0.25, 0.3) is 0 Å². The van der Waals surface area contributed by atoms with Crippen LogP contribution in [0.4, 0.5) is 4.79 Å². The molecule has 0 aromatic heterocycles. The highest BCUT2D eigenvalue weighted by molar-refractivity contribution is 6.45. The van der Waals surface area contributed by atoms with E-state index in [1.807, 2.05) is 26.0 Å². The molecule has 0 bridgehead atoms. The maximum Gasteiger partial charge on any atom is 0.334 e. The van der Waals surface area contributed by atoms with Crippen LogP contribution in [0.15, 0.2) is 24.3 Å². The third-order valence-electron chi connectivity index (χ3n) is 4.37. The lowest BCUT2D eigenvalue weighted by Gasteiger charge is -2.16. The molecule has 27 heavy (non-hydrogen) atoms. The van der Waals surface area contributed by atoms with Gasteiger partial charge in [0.25, 0.3) is 0 Å². The molecule has 7 heteroatoms. The van der Waals surface area contributed by atoms with E-state index in [4.69, 9.17) is 0 Å². The van der Waals surface area contributed by atoms with Gasteiger partial charge in [0, 0.05) is 13.1 Å². The zero-order valence-corrected chi connectivity index (χ0v) is 16.3. The van der Waals surface area contributed by atoms with Crippen molar-refractivity contribution in [3.63, 3.8) is 0 Å². The number of urea groups is 1. The molecule has 146 valence electrons. The lowest BCUT2D eigenvalue weighted by molar-refractivity contribution is -0.144. The van der Waals surface area contributed by atoms with E-state index in [-0.39, 0.29) is 12.5 Å². The van der Waals surface area contributed by atoms with Gasteiger partial charge in [-0.15, -0.1) is 0 Å². The van der Waals surface area contributed by atoms with Gasteiger partial charge in [0.05, 0.1) is 0 Å². The Morgan fingerprint density at radius 1 is 0.963 bits per heavy atom. The van der Waals surface area contributed by atoms with Gasteiger partial charge in [-0.2, -0.15) is 0 Å². The number of carbonyl (C=O) groups is 4. The van der Waals surface area contributed by atoms with Crippen molar-refractivity contribution in [1.29, 1.82) is 0 Å². The minimum Gasteiger partial charge on any atom is -0.354 e. The standard InChI is InChI=1S/C20H27N3O4/c1-13(2)11-22-18(25)19(26)23(20(22)27)12-17(24)21-10-9-15-5-7-16(8-6-15)14(3)4/h5-8,13-14H,9-12H2,1-4H3,(H,21,24). The monoisotopic (exact) mass is 373 g/mol. The highest BCUT2D eigenvalue weighted by atomic mass is 16.2. The summed E-state index contributed by atoms with van der Waals surface area (Å²) >= 11 is 0. The van der Waals surface area contributed by atoms with Crippen LogP contribution >= 0.6 is 0 Å². The molecule has 1 fully saturated rings. The molecule has 5 amide bonds. The molecule has 1 aromatic rings. The van der Waals surface area contributed by atoms with E-state index in [9.17, 15) is 19.2 Å². The van der Waals surface area contributed by atoms with Crippen molar-refractivity contribution in [2.24, 2.45) is 5.92 Å². The second-order valence-corrected chi connectivity index (χ2v) is 7.48. The number of hydrogen-bond donors (Lipinski definition) is 1. The summed E-state index contributed by atoms with van der Waals surface area (Å²) in [6.07, 6.45) is 0.643. The van der Waals surface area contributed by atoms with Gasteiger partial charge < -0.3 is 5.32 Å². The summed E-state index contributed by atoms with van der Waals surface area (Å²) in [6.45, 7) is 8.05. The van der Waals surface area contributed by atoms with Crippen molar-refractivity contribution >= 4 is 23.8 Å². The summed E-state index contributed by atoms with van der Waals surface area (Å²) in [6, 6.07) is 7.46. The predicted octanol–water partition coefficient (Wildman–Crippen LogP) is 1.92. The Balaban J connectivity index is 1.84. The topological polar surface area (TPSA) is 86.8 Å². The van der Waals surface area contributed by atoms with Crippen molar-refractivity contribution in [3.05, 3.63) is 35.4 Å². The van der Waals surface area contributed by atoms with Gasteiger partial charge in [0.15, 0.2) is 0 Å². The first kappa shape index (κ1) is 20.6. The van der Waals surface area contributed by atoms with Crippen LogP contribution in [0.5, 0.6) is 0 Å². The molecule has 0 atom stereocenters. The average molecular weight is 373 g/mol. The van der Waals surface area contributed by atoms with E-state index < -0.39 is 30.3 Å². The van der Waals surface area contributed by atoms with Crippen LogP contribution < -0.4 is 5.32 Å². The minimum absolute atomic E-state index is 0.0431. The zero-order valence-electron chi connectivity index (χ0n) is 16.3. The van der Waals surface area contributed by atoms with Gasteiger partial charge in [0.2, 0.25) is 5.91 Å². The Kier molecular flexibility index (Phi) is 6.71. The molecule has 1 aliphatic heterocycles. The number of nitrogens with one attached hydrogen (secondary N) is 1. The summed E-state index contributed by atoms with van der Waals surface area (Å²) in [7, 11) is 0. The zero-order chi connectivity index (χ0) is 20.1. The Labute approximate surface area is 159 Å². The summed E-state index contributed by atoms with van der Waals surface area (Å²) in [5.74, 6) is -1.77. The van der Waals surface area contributed by atoms with Gasteiger partial charge in [-0.3, -0.25) is 19.3 Å². The summed E-state index contributed by atoms with van der Waals surface area (Å²) in [5, 5.41) is 2.69. The molecule has 0 unspecified atom stereocenters. The molecule has 0 aliphatic carbocycles. The Bertz CT molecular complexity index is 725. The quantitative estimate of drug-likeness (QED) is 0.557. The van der Waals surface area contributed by atoms with E-state index in [0.29, 0.717) is 23.8 Å². The molecule has 0 saturated carbocycles. The summed E-state index contributed by atoms with van der Waals surface area (Å²) in [5.41, 5.74) is 2.34. The molecule has 2 rings (SSSR count). The van der Waals surface area contributed by atoms with E-state index in [0.717, 1.165) is 10.5 Å². The molecule has 1 N–H and O–H groups in total. The van der Waals surface area contributed by atoms with Crippen LogP contribution in [0, 0.1) is 5.92 Å². The van der Waals surface area contributed by atoms with Crippen LogP contribution in [0.2, 0.25) is 0 Å². The number of carbonyl (C=O) groups excluding carboxylic acids is 4. The first-order chi connectivity index (χ1) is 12.7. The van der Waals surface area contributed by atoms with Gasteiger partial charge in [-0.1, -0.05) is 52.0 Å². The Morgan fingerprint density at radius 2 is 1.56 bits per heavy atom. The Hall–Kier alpha value is -2.70. The number of hydrogen-bond acceptors (Lipinski definition) is 4. The maximum atomic E-state index is 12.2. The van der Waals surface area contributed by atoms with Crippen molar-refractivity contribution < 1.29 is 19.2 Å². The van der Waals surface area contributed by atoms with Gasteiger partial charge >= 0.3 is 17.8 Å². The average Bonchev–Trinajstić information content (AvgIpc) is 2.80. The lowest BCUT2D eigenvalue weighted by atomic mass is 10.0. The van der Waals surface area contributed by atoms with Crippen molar-refractivity contribution in [1.82, 2.24) is 15.1 Å². The smallest absolute Gasteiger partial charge is 0.334 e. The van der Waals surface area contributed by atoms with Gasteiger partial charge in [-0.05, 0) is 29.4 Å². The molecular formula is C20H27N3O4. The highest BCUT2D eigenvalue weighted by Crippen LogP contribution is 2.15. The maximum absolute atomic E-state index is 12.2. The Morgan fingerprint density at radius 3 is 2.11 bits per heavy atom. The van der Waals surface area contributed by atoms with Crippen LogP contribution in [-0.2, 0) is 20.8 Å². The predicted molar refractivity (Wildman–Crippen MR) is 101 cm³/mol. The number of nitrogens with zero attached hydrogens (tertiary/aromatic N) is 2. The molecule has 1 aliphatic rings. The summed E-state index contributed by atoms with van der Waals surface area (Å²) in [4.78, 5) is 49.7. The van der Waals surface area contributed by atoms with E-state index in [1.165, 1.54) is 5.56 Å². The molecular weight excluding hydrogens is 346 g/mol. The molecule has 1 heterocycles. The highest BCUT2D eigenvalue weighted by Gasteiger charge is 2.45. The number of imide groups is 2. The lowest BCUT2D eigenvalue weighted by Crippen LogP contribution is -2.42. The molecule has 1 aromatic carbocycles. The van der Waals surface area contributed by atoms with E-state index >= 15 is 0 Å². The minimum atomic E-state index is -0.944. The third-order valence-corrected chi connectivity index (χ3v) is 4.37. The molecule has 7 nitrogen and oxygen atoms in total. The van der Waals surface area contributed by atoms with Gasteiger partial charge in [0.1, 0.15) is 6.54 Å². The molecule has 0 spiro atoms. The second-order valence-electron chi connectivity index (χ2n) is 7.48. The third kappa shape index (κ3) is 5.15. The van der Waals surface area contributed by atoms with Crippen molar-refractivity contribution in [2.75, 3.05) is 19.6 Å². The summed E-state index contributed by atoms with van der Waals surface area (Å²) < 4.78 is 0. The SMILES string of the molecule is CC(C)CN1C(=O)C(=O)N(CC(=O)NCCc2ccc(C(C)C)cc2)C1=O. The molecule has 0 radical (unpaired) electrons. The fourth-order valence-corrected chi connectivity index (χ4v) is 2.83. The fourth-order valence-electron chi connectivity index (χ4n) is 2.83. The number of rotatable bonds is 8. The first-order valence-corrected chi connectivity index (χ1v) is 9.23. The van der Waals surface area contributed by atoms with Gasteiger partial charge in [-0.25, -0.2) is 9.69 Å². The first-order valence-electron chi connectivity index (χ1n) is 9.23. The van der Waals surface area contributed by atoms with E-state index in [1.54, 1.807) is 0 Å². The normalized spacial score (nSPS) is 14.7. The number of amides is 5. The largest absolute Gasteiger partial charge is 0.354 e. The fraction of sp³-hybridized carbons (Fsp3) is 0.500. The number of benzene rings is 1. The van der Waals surface area contributed by atoms with Crippen LogP contribution in [-0.4, -0.2) is 53.2 Å². The van der Waals surface area contributed by atoms with Crippen molar-refractivity contribution in [3.8, 4) is 0 Å². The van der Waals surface area contributed by atoms with Crippen LogP contribution in [0.1, 0.15) is 44.7 Å². The van der Waals surface area contributed by atoms with E-state index in [2.05, 4.69) is 31.3 Å².